The van der Waals surface area contributed by atoms with E-state index in [0.29, 0.717) is 52.6 Å². The van der Waals surface area contributed by atoms with Crippen molar-refractivity contribution in [2.24, 2.45) is 5.92 Å². The van der Waals surface area contributed by atoms with Gasteiger partial charge in [-0.05, 0) is 84.9 Å². The van der Waals surface area contributed by atoms with Crippen LogP contribution in [0.4, 0.5) is 5.69 Å². The van der Waals surface area contributed by atoms with Crippen molar-refractivity contribution in [3.05, 3.63) is 113 Å². The number of hydrogen-bond donors (Lipinski definition) is 1. The van der Waals surface area contributed by atoms with E-state index >= 15 is 0 Å². The van der Waals surface area contributed by atoms with Crippen LogP contribution >= 0.6 is 23.8 Å². The molecule has 2 aliphatic rings. The zero-order chi connectivity index (χ0) is 31.9. The molecule has 0 radical (unpaired) electrons. The van der Waals surface area contributed by atoms with Gasteiger partial charge in [0.15, 0.2) is 11.6 Å². The second-order valence-electron chi connectivity index (χ2n) is 12.1. The van der Waals surface area contributed by atoms with Gasteiger partial charge in [-0.15, -0.1) is 0 Å². The molecule has 6 nitrogen and oxygen atoms in total. The fourth-order valence-electron chi connectivity index (χ4n) is 6.83. The van der Waals surface area contributed by atoms with Crippen LogP contribution in [-0.2, 0) is 9.37 Å². The fraction of sp³-hybridized carbons (Fsp3) is 0.316. The molecule has 9 heteroatoms. The molecule has 4 aromatic carbocycles. The smallest absolute Gasteiger partial charge is 0.691 e. The standard InChI is InChI=1S/C38H39NO5S2.K/c1-2-6-25-11-13-26(14-12-25)27-15-17-28(18-16-27)29-19-21-30(22-20-29)46-34-10-4-8-32-36(34)38(41)31-7-3-9-33(35(31)37(32)40)39-23-5-24-45-44-43-42;/h3-4,7-10,15-22,25-26,39,42H,2,5-6,11-14,23-24H2,1H3;/q;+1/p-1. The van der Waals surface area contributed by atoms with E-state index in [4.69, 9.17) is 0 Å². The van der Waals surface area contributed by atoms with Crippen LogP contribution in [-0.4, -0.2) is 23.9 Å². The zero-order valence-electron chi connectivity index (χ0n) is 27.0. The van der Waals surface area contributed by atoms with Gasteiger partial charge in [0.05, 0.1) is 5.56 Å². The van der Waals surface area contributed by atoms with Crippen molar-refractivity contribution >= 4 is 41.1 Å². The SMILES string of the molecule is CCCC1CCC(c2ccc(-c3ccc(Sc4cccc5c4C(=O)c4cccc(NCCCSOO[O-])c4C5=O)cc3)cc2)CC1.[K+]. The van der Waals surface area contributed by atoms with Crippen molar-refractivity contribution in [3.8, 4) is 11.1 Å². The van der Waals surface area contributed by atoms with Crippen molar-refractivity contribution in [2.75, 3.05) is 17.6 Å². The molecule has 0 aliphatic heterocycles. The maximum absolute atomic E-state index is 13.8. The first kappa shape index (κ1) is 36.5. The summed E-state index contributed by atoms with van der Waals surface area (Å²) in [7, 11) is 0. The summed E-state index contributed by atoms with van der Waals surface area (Å²) in [6.07, 6.45) is 8.64. The number of benzene rings is 4. The number of hydrogen-bond acceptors (Lipinski definition) is 8. The Hall–Kier alpha value is -1.76. The molecular formula is C38H38KNO5S2. The summed E-state index contributed by atoms with van der Waals surface area (Å²) >= 11 is 2.42. The van der Waals surface area contributed by atoms with Crippen LogP contribution in [0.15, 0.2) is 94.7 Å². The largest absolute Gasteiger partial charge is 1.00 e. The molecule has 0 aromatic heterocycles. The summed E-state index contributed by atoms with van der Waals surface area (Å²) in [4.78, 5) is 29.3. The zero-order valence-corrected chi connectivity index (χ0v) is 31.7. The Morgan fingerprint density at radius 1 is 0.809 bits per heavy atom. The first-order chi connectivity index (χ1) is 22.6. The third-order valence-electron chi connectivity index (χ3n) is 9.17. The molecule has 1 N–H and O–H groups in total. The summed E-state index contributed by atoms with van der Waals surface area (Å²) in [6.45, 7) is 2.83. The minimum Gasteiger partial charge on any atom is -0.691 e. The average molecular weight is 692 g/mol. The topological polar surface area (TPSA) is 87.7 Å². The third-order valence-corrected chi connectivity index (χ3v) is 10.8. The number of ketones is 2. The number of anilines is 1. The van der Waals surface area contributed by atoms with Gasteiger partial charge < -0.3 is 10.6 Å². The first-order valence-electron chi connectivity index (χ1n) is 16.1. The van der Waals surface area contributed by atoms with E-state index in [1.807, 2.05) is 18.2 Å². The second-order valence-corrected chi connectivity index (χ2v) is 14.0. The van der Waals surface area contributed by atoms with Gasteiger partial charge in [0.2, 0.25) is 0 Å². The maximum atomic E-state index is 13.8. The number of rotatable bonds is 13. The Morgan fingerprint density at radius 3 is 2.13 bits per heavy atom. The van der Waals surface area contributed by atoms with Crippen LogP contribution in [0.25, 0.3) is 11.1 Å². The minimum atomic E-state index is -0.166. The number of fused-ring (bicyclic) bond motifs is 2. The number of nitrogens with one attached hydrogen (secondary N) is 1. The van der Waals surface area contributed by atoms with Crippen molar-refractivity contribution in [2.45, 2.75) is 67.6 Å². The van der Waals surface area contributed by atoms with Crippen molar-refractivity contribution in [1.82, 2.24) is 0 Å². The van der Waals surface area contributed by atoms with Crippen LogP contribution in [0.3, 0.4) is 0 Å². The first-order valence-corrected chi connectivity index (χ1v) is 17.9. The molecule has 2 aliphatic carbocycles. The number of carbonyl (C=O) groups is 2. The number of carbonyl (C=O) groups excluding carboxylic acids is 2. The van der Waals surface area contributed by atoms with Crippen molar-refractivity contribution in [1.29, 1.82) is 0 Å². The van der Waals surface area contributed by atoms with Crippen LogP contribution in [0, 0.1) is 5.92 Å². The summed E-state index contributed by atoms with van der Waals surface area (Å²) in [5.74, 6) is 1.81. The molecule has 0 atom stereocenters. The van der Waals surface area contributed by atoms with Crippen LogP contribution in [0.5, 0.6) is 0 Å². The molecule has 6 rings (SSSR count). The van der Waals surface area contributed by atoms with Crippen LogP contribution in [0.2, 0.25) is 0 Å². The summed E-state index contributed by atoms with van der Waals surface area (Å²) in [6, 6.07) is 28.3. The van der Waals surface area contributed by atoms with Gasteiger partial charge >= 0.3 is 51.4 Å². The van der Waals surface area contributed by atoms with Crippen molar-refractivity contribution in [3.63, 3.8) is 0 Å². The molecule has 1 fully saturated rings. The molecule has 0 heterocycles. The van der Waals surface area contributed by atoms with Gasteiger partial charge in [-0.3, -0.25) is 14.6 Å². The van der Waals surface area contributed by atoms with E-state index in [1.54, 1.807) is 18.2 Å². The molecule has 238 valence electrons. The fourth-order valence-corrected chi connectivity index (χ4v) is 8.18. The molecule has 47 heavy (non-hydrogen) atoms. The molecule has 0 amide bonds. The molecule has 0 spiro atoms. The third kappa shape index (κ3) is 8.70. The Bertz CT molecular complexity index is 1670. The van der Waals surface area contributed by atoms with E-state index in [0.717, 1.165) is 33.3 Å². The molecule has 1 saturated carbocycles. The van der Waals surface area contributed by atoms with Crippen LogP contribution < -0.4 is 62.0 Å². The van der Waals surface area contributed by atoms with E-state index in [1.165, 1.54) is 61.4 Å². The van der Waals surface area contributed by atoms with E-state index in [2.05, 4.69) is 70.1 Å². The van der Waals surface area contributed by atoms with Gasteiger partial charge in [-0.2, -0.15) is 4.33 Å². The average Bonchev–Trinajstić information content (AvgIpc) is 3.09. The van der Waals surface area contributed by atoms with Crippen LogP contribution in [0.1, 0.15) is 95.2 Å². The summed E-state index contributed by atoms with van der Waals surface area (Å²) < 4.78 is 4.29. The minimum absolute atomic E-state index is 0. The Balaban J connectivity index is 0.00000433. The molecule has 0 saturated heterocycles. The van der Waals surface area contributed by atoms with Gasteiger partial charge in [-0.25, -0.2) is 0 Å². The second kappa shape index (κ2) is 17.8. The molecule has 0 unspecified atom stereocenters. The summed E-state index contributed by atoms with van der Waals surface area (Å²) in [5, 5.41) is 16.6. The normalized spacial score (nSPS) is 17.1. The monoisotopic (exact) mass is 691 g/mol. The Labute approximate surface area is 328 Å². The van der Waals surface area contributed by atoms with Gasteiger partial charge in [0, 0.05) is 56.5 Å². The van der Waals surface area contributed by atoms with E-state index in [-0.39, 0.29) is 63.0 Å². The van der Waals surface area contributed by atoms with Gasteiger partial charge in [0.1, 0.15) is 0 Å². The van der Waals surface area contributed by atoms with Gasteiger partial charge in [0.25, 0.3) is 0 Å². The van der Waals surface area contributed by atoms with E-state index in [9.17, 15) is 14.8 Å². The predicted molar refractivity (Wildman–Crippen MR) is 183 cm³/mol. The molecule has 0 bridgehead atoms. The van der Waals surface area contributed by atoms with E-state index < -0.39 is 0 Å². The summed E-state index contributed by atoms with van der Waals surface area (Å²) in [5.41, 5.74) is 6.11. The van der Waals surface area contributed by atoms with Crippen molar-refractivity contribution < 1.29 is 75.6 Å². The maximum Gasteiger partial charge on any atom is 1.00 e. The quantitative estimate of drug-likeness (QED) is 0.0527. The molecular weight excluding hydrogens is 654 g/mol. The Kier molecular flexibility index (Phi) is 13.8. The predicted octanol–water partition coefficient (Wildman–Crippen LogP) is 6.03. The Morgan fingerprint density at radius 2 is 1.45 bits per heavy atom. The molecule has 4 aromatic rings. The van der Waals surface area contributed by atoms with Gasteiger partial charge in [-0.1, -0.05) is 92.2 Å².